The van der Waals surface area contributed by atoms with E-state index in [1.807, 2.05) is 0 Å². The van der Waals surface area contributed by atoms with Crippen molar-refractivity contribution in [3.63, 3.8) is 0 Å². The molecule has 8 nitrogen and oxygen atoms in total. The summed E-state index contributed by atoms with van der Waals surface area (Å²) in [5, 5.41) is 21.4. The molecule has 1 unspecified atom stereocenters. The maximum Gasteiger partial charge on any atom is 0.296 e. The number of ketones is 1. The molecule has 1 fully saturated rings. The van der Waals surface area contributed by atoms with Gasteiger partial charge >= 0.3 is 0 Å². The van der Waals surface area contributed by atoms with Gasteiger partial charge in [0.05, 0.1) is 54.3 Å². The topological polar surface area (TPSA) is 109 Å². The molecule has 4 rings (SSSR count). The number of likely N-dealkylation sites (tertiary alicyclic amines) is 1. The number of Topliss-reactive ketones (excluding diaryl/α,β-unsaturated/α-hetero) is 1. The lowest BCUT2D eigenvalue weighted by molar-refractivity contribution is -0.140. The van der Waals surface area contributed by atoms with E-state index in [1.54, 1.807) is 12.1 Å². The zero-order valence-corrected chi connectivity index (χ0v) is 19.6. The van der Waals surface area contributed by atoms with E-state index in [9.17, 15) is 19.8 Å². The number of ether oxygens (including phenoxy) is 2. The third-order valence-corrected chi connectivity index (χ3v) is 6.06. The number of phenols is 1. The Hall–Kier alpha value is -3.62. The summed E-state index contributed by atoms with van der Waals surface area (Å²) in [5.74, 6) is -1.50. The first-order valence-electron chi connectivity index (χ1n) is 9.98. The number of rotatable bonds is 6. The highest BCUT2D eigenvalue weighted by molar-refractivity contribution is 6.46. The average Bonchev–Trinajstić information content (AvgIpc) is 3.42. The van der Waals surface area contributed by atoms with Crippen molar-refractivity contribution in [1.29, 1.82) is 0 Å². The van der Waals surface area contributed by atoms with Crippen LogP contribution in [0.5, 0.6) is 17.2 Å². The Morgan fingerprint density at radius 3 is 2.41 bits per heavy atom. The number of aromatic hydroxyl groups is 1. The van der Waals surface area contributed by atoms with Gasteiger partial charge in [-0.3, -0.25) is 9.59 Å². The van der Waals surface area contributed by atoms with Gasteiger partial charge in [0.25, 0.3) is 11.7 Å². The third kappa shape index (κ3) is 4.06. The van der Waals surface area contributed by atoms with Crippen molar-refractivity contribution in [2.75, 3.05) is 14.2 Å². The third-order valence-electron chi connectivity index (χ3n) is 5.46. The van der Waals surface area contributed by atoms with Gasteiger partial charge in [0.1, 0.15) is 28.8 Å². The molecule has 3 aromatic rings. The van der Waals surface area contributed by atoms with Crippen LogP contribution in [-0.2, 0) is 16.1 Å². The lowest BCUT2D eigenvalue weighted by Crippen LogP contribution is -2.29. The number of nitrogens with zero attached hydrogens (tertiary/aromatic N) is 1. The fourth-order valence-electron chi connectivity index (χ4n) is 3.84. The van der Waals surface area contributed by atoms with E-state index in [-0.39, 0.29) is 39.2 Å². The Balaban J connectivity index is 1.94. The van der Waals surface area contributed by atoms with Crippen LogP contribution in [0.3, 0.4) is 0 Å². The van der Waals surface area contributed by atoms with E-state index in [1.165, 1.54) is 55.7 Å². The summed E-state index contributed by atoms with van der Waals surface area (Å²) >= 11 is 12.4. The molecule has 2 N–H and O–H groups in total. The molecule has 176 valence electrons. The molecular weight excluding hydrogens is 485 g/mol. The van der Waals surface area contributed by atoms with Crippen LogP contribution >= 0.6 is 23.2 Å². The molecule has 1 atom stereocenters. The Kier molecular flexibility index (Phi) is 6.45. The highest BCUT2D eigenvalue weighted by Crippen LogP contribution is 2.44. The molecule has 1 aromatic heterocycles. The van der Waals surface area contributed by atoms with Crippen LogP contribution in [0.15, 0.2) is 58.7 Å². The van der Waals surface area contributed by atoms with E-state index in [0.29, 0.717) is 17.1 Å². The number of aliphatic hydroxyl groups excluding tert-OH is 1. The molecule has 0 aliphatic carbocycles. The van der Waals surface area contributed by atoms with Crippen LogP contribution in [0.4, 0.5) is 0 Å². The summed E-state index contributed by atoms with van der Waals surface area (Å²) < 4.78 is 15.9. The molecule has 1 aliphatic heterocycles. The quantitative estimate of drug-likeness (QED) is 0.278. The van der Waals surface area contributed by atoms with Gasteiger partial charge in [-0.05, 0) is 35.9 Å². The number of benzene rings is 2. The molecule has 34 heavy (non-hydrogen) atoms. The summed E-state index contributed by atoms with van der Waals surface area (Å²) in [6.07, 6.45) is 1.45. The molecule has 0 saturated carbocycles. The lowest BCUT2D eigenvalue weighted by Gasteiger charge is -2.25. The molecule has 2 aromatic carbocycles. The van der Waals surface area contributed by atoms with Gasteiger partial charge in [-0.25, -0.2) is 0 Å². The first-order chi connectivity index (χ1) is 16.3. The molecule has 1 aliphatic rings. The van der Waals surface area contributed by atoms with Crippen molar-refractivity contribution in [2.45, 2.75) is 12.6 Å². The van der Waals surface area contributed by atoms with Crippen molar-refractivity contribution in [3.8, 4) is 17.2 Å². The number of carbonyl (C=O) groups is 2. The number of hydrogen-bond acceptors (Lipinski definition) is 7. The summed E-state index contributed by atoms with van der Waals surface area (Å²) in [4.78, 5) is 27.5. The molecular formula is C24H19Cl2NO7. The fraction of sp³-hybridized carbons (Fsp3) is 0.167. The number of phenolic OH excluding ortho intramolecular Hbond substituents is 1. The second kappa shape index (κ2) is 9.32. The van der Waals surface area contributed by atoms with Crippen LogP contribution in [0.2, 0.25) is 10.0 Å². The van der Waals surface area contributed by atoms with Crippen molar-refractivity contribution < 1.29 is 33.7 Å². The zero-order valence-electron chi connectivity index (χ0n) is 18.0. The van der Waals surface area contributed by atoms with Crippen LogP contribution in [0.1, 0.15) is 22.9 Å². The number of carbonyl (C=O) groups excluding carboxylic acids is 2. The smallest absolute Gasteiger partial charge is 0.296 e. The van der Waals surface area contributed by atoms with Crippen LogP contribution in [-0.4, -0.2) is 41.0 Å². The number of halogens is 2. The Morgan fingerprint density at radius 2 is 1.79 bits per heavy atom. The van der Waals surface area contributed by atoms with Gasteiger partial charge in [-0.2, -0.15) is 0 Å². The van der Waals surface area contributed by atoms with Crippen LogP contribution in [0.25, 0.3) is 5.76 Å². The minimum Gasteiger partial charge on any atom is -0.507 e. The highest BCUT2D eigenvalue weighted by Gasteiger charge is 2.46. The van der Waals surface area contributed by atoms with Crippen molar-refractivity contribution in [2.24, 2.45) is 0 Å². The summed E-state index contributed by atoms with van der Waals surface area (Å²) in [6, 6.07) is 9.41. The fourth-order valence-corrected chi connectivity index (χ4v) is 4.27. The number of hydrogen-bond donors (Lipinski definition) is 2. The van der Waals surface area contributed by atoms with Gasteiger partial charge in [0.15, 0.2) is 0 Å². The summed E-state index contributed by atoms with van der Waals surface area (Å²) in [5.41, 5.74) is 0.297. The molecule has 1 amide bonds. The number of furan rings is 1. The van der Waals surface area contributed by atoms with E-state index in [0.717, 1.165) is 0 Å². The van der Waals surface area contributed by atoms with Crippen molar-refractivity contribution >= 4 is 40.7 Å². The van der Waals surface area contributed by atoms with E-state index in [4.69, 9.17) is 37.1 Å². The first-order valence-corrected chi connectivity index (χ1v) is 10.7. The Labute approximate surface area is 204 Å². The predicted molar refractivity (Wildman–Crippen MR) is 124 cm³/mol. The second-order valence-corrected chi connectivity index (χ2v) is 8.22. The average molecular weight is 504 g/mol. The van der Waals surface area contributed by atoms with E-state index in [2.05, 4.69) is 0 Å². The monoisotopic (exact) mass is 503 g/mol. The normalized spacial score (nSPS) is 17.3. The standard InChI is InChI=1S/C24H19Cl2NO7/c1-32-18-10-19(33-2)16(26)9-14(18)22(29)20-21(12-5-6-17(28)15(25)8-12)27(24(31)23(20)30)11-13-4-3-7-34-13/h3-10,21,28-29H,11H2,1-2H3/b22-20+. The summed E-state index contributed by atoms with van der Waals surface area (Å²) in [7, 11) is 2.81. The lowest BCUT2D eigenvalue weighted by atomic mass is 9.94. The van der Waals surface area contributed by atoms with Crippen molar-refractivity contribution in [3.05, 3.63) is 81.2 Å². The van der Waals surface area contributed by atoms with E-state index >= 15 is 0 Å². The molecule has 0 radical (unpaired) electrons. The SMILES string of the molecule is COc1cc(OC)c(/C(O)=C2\C(=O)C(=O)N(Cc3ccco3)C2c2ccc(O)c(Cl)c2)cc1Cl. The Morgan fingerprint density at radius 1 is 1.06 bits per heavy atom. The molecule has 10 heteroatoms. The molecule has 0 spiro atoms. The highest BCUT2D eigenvalue weighted by atomic mass is 35.5. The minimum absolute atomic E-state index is 0.0196. The van der Waals surface area contributed by atoms with Gasteiger partial charge < -0.3 is 29.0 Å². The predicted octanol–water partition coefficient (Wildman–Crippen LogP) is 4.93. The molecule has 2 heterocycles. The van der Waals surface area contributed by atoms with Gasteiger partial charge in [-0.1, -0.05) is 29.3 Å². The number of methoxy groups -OCH3 is 2. The number of amides is 1. The molecule has 1 saturated heterocycles. The maximum absolute atomic E-state index is 13.2. The van der Waals surface area contributed by atoms with Crippen molar-refractivity contribution in [1.82, 2.24) is 4.90 Å². The summed E-state index contributed by atoms with van der Waals surface area (Å²) in [6.45, 7) is -0.0436. The second-order valence-electron chi connectivity index (χ2n) is 7.40. The first kappa shape index (κ1) is 23.5. The maximum atomic E-state index is 13.2. The number of aliphatic hydroxyl groups is 1. The minimum atomic E-state index is -1.03. The molecule has 0 bridgehead atoms. The Bertz CT molecular complexity index is 1300. The van der Waals surface area contributed by atoms with Crippen LogP contribution in [0, 0.1) is 0 Å². The van der Waals surface area contributed by atoms with Gasteiger partial charge in [0.2, 0.25) is 0 Å². The largest absolute Gasteiger partial charge is 0.507 e. The van der Waals surface area contributed by atoms with Gasteiger partial charge in [0, 0.05) is 6.07 Å². The van der Waals surface area contributed by atoms with Crippen LogP contribution < -0.4 is 9.47 Å². The zero-order chi connectivity index (χ0) is 24.6. The van der Waals surface area contributed by atoms with E-state index < -0.39 is 23.5 Å². The van der Waals surface area contributed by atoms with Gasteiger partial charge in [-0.15, -0.1) is 0 Å².